The summed E-state index contributed by atoms with van der Waals surface area (Å²) in [5, 5.41) is 6.08. The fraction of sp³-hybridized carbons (Fsp3) is 0.238. The van der Waals surface area contributed by atoms with Crippen molar-refractivity contribution in [3.63, 3.8) is 0 Å². The molecule has 1 heterocycles. The molecule has 0 saturated carbocycles. The maximum Gasteiger partial charge on any atom is 0.253 e. The van der Waals surface area contributed by atoms with Crippen molar-refractivity contribution < 1.29 is 9.59 Å². The molecule has 2 rings (SSSR count). The van der Waals surface area contributed by atoms with E-state index in [0.717, 1.165) is 20.8 Å². The van der Waals surface area contributed by atoms with Gasteiger partial charge in [-0.05, 0) is 72.6 Å². The van der Waals surface area contributed by atoms with Crippen LogP contribution in [0, 0.1) is 13.8 Å². The van der Waals surface area contributed by atoms with Crippen LogP contribution in [0.15, 0.2) is 51.6 Å². The fourth-order valence-electron chi connectivity index (χ4n) is 2.21. The topological polar surface area (TPSA) is 83.5 Å². The number of pyridine rings is 1. The number of amides is 2. The molecule has 6 nitrogen and oxygen atoms in total. The van der Waals surface area contributed by atoms with Crippen molar-refractivity contribution in [1.82, 2.24) is 10.3 Å². The number of benzene rings is 1. The number of carbonyl (C=O) groups is 2. The number of allylic oxidation sites excluding steroid dienone is 1. The van der Waals surface area contributed by atoms with Crippen molar-refractivity contribution in [2.24, 2.45) is 4.99 Å². The Bertz CT molecular complexity index is 970. The van der Waals surface area contributed by atoms with Crippen LogP contribution < -0.4 is 10.6 Å². The quantitative estimate of drug-likeness (QED) is 0.386. The van der Waals surface area contributed by atoms with Gasteiger partial charge in [-0.1, -0.05) is 27.5 Å². The van der Waals surface area contributed by atoms with E-state index >= 15 is 0 Å². The van der Waals surface area contributed by atoms with Gasteiger partial charge in [0.2, 0.25) is 0 Å². The third-order valence-corrected chi connectivity index (χ3v) is 5.30. The van der Waals surface area contributed by atoms with Gasteiger partial charge in [-0.25, -0.2) is 0 Å². The van der Waals surface area contributed by atoms with Crippen LogP contribution in [0.3, 0.4) is 0 Å². The third-order valence-electron chi connectivity index (χ3n) is 3.86. The molecule has 1 aromatic carbocycles. The van der Waals surface area contributed by atoms with Crippen LogP contribution >= 0.6 is 43.5 Å². The number of nitrogens with one attached hydrogen (secondary N) is 2. The Morgan fingerprint density at radius 3 is 2.43 bits per heavy atom. The molecule has 0 atom stereocenters. The minimum absolute atomic E-state index is 0.266. The van der Waals surface area contributed by atoms with Crippen molar-refractivity contribution >= 4 is 65.6 Å². The molecule has 0 aliphatic heterocycles. The summed E-state index contributed by atoms with van der Waals surface area (Å²) in [7, 11) is 3.17. The Morgan fingerprint density at radius 2 is 1.93 bits per heavy atom. The molecular formula is C21H23Br2ClN4O2. The van der Waals surface area contributed by atoms with Crippen molar-refractivity contribution in [3.8, 4) is 0 Å². The lowest BCUT2D eigenvalue weighted by Crippen LogP contribution is -2.22. The van der Waals surface area contributed by atoms with E-state index in [0.29, 0.717) is 21.4 Å². The van der Waals surface area contributed by atoms with Crippen molar-refractivity contribution in [2.45, 2.75) is 20.8 Å². The number of aliphatic imine (C=N–C) groups is 1. The van der Waals surface area contributed by atoms with Gasteiger partial charge in [0.1, 0.15) is 4.62 Å². The minimum atomic E-state index is -0.295. The standard InChI is InChI=1S/C15H17Br2N3O2.C6H6ClN/c1-8-5-10(16)7-11(15(22)19-4)13(8)20-14(21)9(2)6-12(17)18-3;1-5-6(7)3-2-4-8-5/h5-7H,1-4H3,(H,19,22)(H,20,21);2-4H,1H3/b9-6+,18-12?;. The van der Waals surface area contributed by atoms with Gasteiger partial charge in [-0.2, -0.15) is 0 Å². The minimum Gasteiger partial charge on any atom is -0.355 e. The monoisotopic (exact) mass is 556 g/mol. The molecule has 2 N–H and O–H groups in total. The average Bonchev–Trinajstić information content (AvgIpc) is 2.71. The van der Waals surface area contributed by atoms with E-state index in [9.17, 15) is 9.59 Å². The van der Waals surface area contributed by atoms with Crippen molar-refractivity contribution in [2.75, 3.05) is 19.4 Å². The van der Waals surface area contributed by atoms with Crippen LogP contribution in [0.4, 0.5) is 5.69 Å². The molecule has 0 fully saturated rings. The smallest absolute Gasteiger partial charge is 0.253 e. The van der Waals surface area contributed by atoms with Gasteiger partial charge in [0.15, 0.2) is 0 Å². The number of halogens is 3. The van der Waals surface area contributed by atoms with Crippen molar-refractivity contribution in [3.05, 3.63) is 68.4 Å². The summed E-state index contributed by atoms with van der Waals surface area (Å²) in [6.45, 7) is 5.38. The van der Waals surface area contributed by atoms with Gasteiger partial charge in [-0.3, -0.25) is 19.6 Å². The van der Waals surface area contributed by atoms with Crippen LogP contribution in [-0.4, -0.2) is 35.5 Å². The van der Waals surface area contributed by atoms with Gasteiger partial charge in [-0.15, -0.1) is 0 Å². The van der Waals surface area contributed by atoms with E-state index in [1.54, 1.807) is 39.4 Å². The summed E-state index contributed by atoms with van der Waals surface area (Å²) < 4.78 is 1.34. The highest BCUT2D eigenvalue weighted by Gasteiger charge is 2.16. The molecule has 9 heteroatoms. The summed E-state index contributed by atoms with van der Waals surface area (Å²) in [5.74, 6) is -0.561. The van der Waals surface area contributed by atoms with E-state index in [1.807, 2.05) is 32.0 Å². The van der Waals surface area contributed by atoms with Crippen LogP contribution in [0.25, 0.3) is 0 Å². The molecule has 0 radical (unpaired) electrons. The number of aromatic nitrogens is 1. The van der Waals surface area contributed by atoms with E-state index in [4.69, 9.17) is 11.6 Å². The molecule has 0 aliphatic carbocycles. The average molecular weight is 559 g/mol. The predicted octanol–water partition coefficient (Wildman–Crippen LogP) is 5.47. The Morgan fingerprint density at radius 1 is 1.27 bits per heavy atom. The highest BCUT2D eigenvalue weighted by molar-refractivity contribution is 9.18. The largest absolute Gasteiger partial charge is 0.355 e. The molecule has 30 heavy (non-hydrogen) atoms. The summed E-state index contributed by atoms with van der Waals surface area (Å²) in [6, 6.07) is 7.15. The molecule has 1 aromatic heterocycles. The van der Waals surface area contributed by atoms with E-state index in [2.05, 4.69) is 52.5 Å². The number of aryl methyl sites for hydroxylation is 2. The number of nitrogens with zero attached hydrogens (tertiary/aromatic N) is 2. The molecule has 2 amide bonds. The molecule has 0 bridgehead atoms. The van der Waals surface area contributed by atoms with Gasteiger partial charge < -0.3 is 10.6 Å². The Balaban J connectivity index is 0.000000467. The molecule has 0 aliphatic rings. The van der Waals surface area contributed by atoms with Gasteiger partial charge in [0.25, 0.3) is 11.8 Å². The number of hydrogen-bond acceptors (Lipinski definition) is 4. The Kier molecular flexibility index (Phi) is 10.9. The predicted molar refractivity (Wildman–Crippen MR) is 131 cm³/mol. The Labute approximate surface area is 198 Å². The number of hydrogen-bond donors (Lipinski definition) is 2. The highest BCUT2D eigenvalue weighted by Crippen LogP contribution is 2.26. The summed E-state index contributed by atoms with van der Waals surface area (Å²) in [5.41, 5.74) is 3.04. The zero-order valence-electron chi connectivity index (χ0n) is 17.3. The van der Waals surface area contributed by atoms with Crippen LogP contribution in [-0.2, 0) is 4.79 Å². The summed E-state index contributed by atoms with van der Waals surface area (Å²) in [6.07, 6.45) is 3.34. The van der Waals surface area contributed by atoms with Gasteiger partial charge >= 0.3 is 0 Å². The first-order valence-electron chi connectivity index (χ1n) is 8.82. The van der Waals surface area contributed by atoms with Crippen LogP contribution in [0.1, 0.15) is 28.5 Å². The van der Waals surface area contributed by atoms with E-state index in [-0.39, 0.29) is 11.8 Å². The first kappa shape index (κ1) is 26.0. The lowest BCUT2D eigenvalue weighted by atomic mass is 10.1. The first-order chi connectivity index (χ1) is 14.1. The van der Waals surface area contributed by atoms with Crippen LogP contribution in [0.5, 0.6) is 0 Å². The highest BCUT2D eigenvalue weighted by atomic mass is 79.9. The third kappa shape index (κ3) is 8.01. The normalized spacial score (nSPS) is 11.3. The Hall–Kier alpha value is -2.03. The number of rotatable bonds is 4. The molecule has 0 saturated heterocycles. The van der Waals surface area contributed by atoms with Crippen LogP contribution in [0.2, 0.25) is 5.02 Å². The molecular weight excluding hydrogens is 536 g/mol. The molecule has 0 unspecified atom stereocenters. The summed E-state index contributed by atoms with van der Waals surface area (Å²) in [4.78, 5) is 32.1. The second-order valence-corrected chi connectivity index (χ2v) is 8.26. The second kappa shape index (κ2) is 12.6. The molecule has 2 aromatic rings. The SMILES string of the molecule is CN=C(Br)/C=C(\C)C(=O)Nc1c(C)cc(Br)cc1C(=O)NC.Cc1ncccc1Cl. The van der Waals surface area contributed by atoms with Gasteiger partial charge in [0.05, 0.1) is 22.0 Å². The lowest BCUT2D eigenvalue weighted by molar-refractivity contribution is -0.112. The first-order valence-corrected chi connectivity index (χ1v) is 10.8. The molecule has 160 valence electrons. The van der Waals surface area contributed by atoms with E-state index < -0.39 is 0 Å². The number of anilines is 1. The van der Waals surface area contributed by atoms with E-state index in [1.165, 1.54) is 0 Å². The summed E-state index contributed by atoms with van der Waals surface area (Å²) >= 11 is 12.2. The maximum atomic E-state index is 12.3. The van der Waals surface area contributed by atoms with Gasteiger partial charge in [0, 0.05) is 30.3 Å². The lowest BCUT2D eigenvalue weighted by Gasteiger charge is -2.14. The van der Waals surface area contributed by atoms with Crippen molar-refractivity contribution in [1.29, 1.82) is 0 Å². The fourth-order valence-corrected chi connectivity index (χ4v) is 3.25. The molecule has 0 spiro atoms. The zero-order valence-corrected chi connectivity index (χ0v) is 21.2. The maximum absolute atomic E-state index is 12.3. The zero-order chi connectivity index (χ0) is 22.8. The second-order valence-electron chi connectivity index (χ2n) is 6.12. The number of carbonyl (C=O) groups excluding carboxylic acids is 2.